The average molecular weight is 423 g/mol. The molecule has 1 aliphatic heterocycles. The van der Waals surface area contributed by atoms with Gasteiger partial charge in [0.05, 0.1) is 12.8 Å². The Morgan fingerprint density at radius 2 is 2.00 bits per heavy atom. The highest BCUT2D eigenvalue weighted by Gasteiger charge is 2.33. The van der Waals surface area contributed by atoms with Crippen LogP contribution in [0.15, 0.2) is 42.6 Å². The molecule has 1 aliphatic carbocycles. The topological polar surface area (TPSA) is 57.7 Å². The molecule has 0 bridgehead atoms. The van der Waals surface area contributed by atoms with E-state index in [1.54, 1.807) is 7.11 Å². The Labute approximate surface area is 185 Å². The van der Waals surface area contributed by atoms with Gasteiger partial charge in [0.15, 0.2) is 0 Å². The molecule has 4 rings (SSSR count). The maximum absolute atomic E-state index is 13.3. The number of pyridine rings is 1. The van der Waals surface area contributed by atoms with Crippen molar-refractivity contribution >= 4 is 11.7 Å². The molecule has 0 atom stereocenters. The van der Waals surface area contributed by atoms with Gasteiger partial charge in [-0.2, -0.15) is 0 Å². The number of nitrogens with one attached hydrogen (secondary N) is 1. The molecule has 1 saturated carbocycles. The molecule has 1 saturated heterocycles. The molecule has 0 radical (unpaired) electrons. The molecule has 0 spiro atoms. The van der Waals surface area contributed by atoms with E-state index in [0.717, 1.165) is 62.4 Å². The average Bonchev–Trinajstić information content (AvgIpc) is 3.62. The van der Waals surface area contributed by atoms with E-state index in [1.807, 2.05) is 43.5 Å². The largest absolute Gasteiger partial charge is 0.495 e. The number of aryl methyl sites for hydroxylation is 1. The Bertz CT molecular complexity index is 861. The van der Waals surface area contributed by atoms with E-state index in [-0.39, 0.29) is 6.03 Å². The minimum absolute atomic E-state index is 0.00253. The third kappa shape index (κ3) is 5.97. The Morgan fingerprint density at radius 3 is 2.68 bits per heavy atom. The summed E-state index contributed by atoms with van der Waals surface area (Å²) in [5.74, 6) is 1.36. The summed E-state index contributed by atoms with van der Waals surface area (Å²) in [5.41, 5.74) is 3.00. The van der Waals surface area contributed by atoms with Crippen LogP contribution >= 0.6 is 0 Å². The van der Waals surface area contributed by atoms with Gasteiger partial charge in [-0.05, 0) is 68.4 Å². The predicted molar refractivity (Wildman–Crippen MR) is 124 cm³/mol. The van der Waals surface area contributed by atoms with Crippen LogP contribution in [0.25, 0.3) is 0 Å². The summed E-state index contributed by atoms with van der Waals surface area (Å²) < 4.78 is 5.45. The first kappa shape index (κ1) is 21.6. The number of likely N-dealkylation sites (tertiary alicyclic amines) is 1. The van der Waals surface area contributed by atoms with Crippen LogP contribution in [0.2, 0.25) is 0 Å². The highest BCUT2D eigenvalue weighted by atomic mass is 16.5. The SMILES string of the molecule is COc1ccc(C)cc1NC(=O)N(CC1CC1)C1CCN(CCc2ccccn2)CC1. The van der Waals surface area contributed by atoms with E-state index in [4.69, 9.17) is 4.74 Å². The van der Waals surface area contributed by atoms with Crippen molar-refractivity contribution in [2.24, 2.45) is 5.92 Å². The van der Waals surface area contributed by atoms with Crippen molar-refractivity contribution in [3.8, 4) is 5.75 Å². The lowest BCUT2D eigenvalue weighted by molar-refractivity contribution is 0.125. The first-order chi connectivity index (χ1) is 15.1. The van der Waals surface area contributed by atoms with E-state index >= 15 is 0 Å². The lowest BCUT2D eigenvalue weighted by Crippen LogP contribution is -2.49. The number of aromatic nitrogens is 1. The zero-order valence-corrected chi connectivity index (χ0v) is 18.7. The van der Waals surface area contributed by atoms with E-state index in [9.17, 15) is 4.79 Å². The number of piperidine rings is 1. The summed E-state index contributed by atoms with van der Waals surface area (Å²) in [6.07, 6.45) is 7.35. The van der Waals surface area contributed by atoms with Crippen LogP contribution in [0.1, 0.15) is 36.9 Å². The standard InChI is InChI=1S/C25H34N4O2/c1-19-6-9-24(31-2)23(17-19)27-25(30)29(18-20-7-8-20)22-11-15-28(16-12-22)14-10-21-5-3-4-13-26-21/h3-6,9,13,17,20,22H,7-8,10-12,14-16,18H2,1-2H3,(H,27,30). The molecule has 1 aromatic carbocycles. The second-order valence-corrected chi connectivity index (χ2v) is 8.87. The lowest BCUT2D eigenvalue weighted by Gasteiger charge is -2.38. The number of benzene rings is 1. The second-order valence-electron chi connectivity index (χ2n) is 8.87. The number of carbonyl (C=O) groups excluding carboxylic acids is 1. The fourth-order valence-electron chi connectivity index (χ4n) is 4.36. The smallest absolute Gasteiger partial charge is 0.322 e. The molecule has 1 N–H and O–H groups in total. The summed E-state index contributed by atoms with van der Waals surface area (Å²) in [6.45, 7) is 5.97. The van der Waals surface area contributed by atoms with Crippen LogP contribution in [0.4, 0.5) is 10.5 Å². The quantitative estimate of drug-likeness (QED) is 0.687. The van der Waals surface area contributed by atoms with Gasteiger partial charge in [-0.15, -0.1) is 0 Å². The molecule has 6 nitrogen and oxygen atoms in total. The van der Waals surface area contributed by atoms with Gasteiger partial charge < -0.3 is 19.9 Å². The van der Waals surface area contributed by atoms with E-state index in [1.165, 1.54) is 12.8 Å². The van der Waals surface area contributed by atoms with E-state index < -0.39 is 0 Å². The molecule has 2 aliphatic rings. The predicted octanol–water partition coefficient (Wildman–Crippen LogP) is 4.35. The van der Waals surface area contributed by atoms with Crippen LogP contribution in [0.5, 0.6) is 5.75 Å². The summed E-state index contributed by atoms with van der Waals surface area (Å²) in [7, 11) is 1.64. The van der Waals surface area contributed by atoms with E-state index in [2.05, 4.69) is 26.2 Å². The fourth-order valence-corrected chi connectivity index (χ4v) is 4.36. The number of hydrogen-bond acceptors (Lipinski definition) is 4. The number of amides is 2. The zero-order valence-electron chi connectivity index (χ0n) is 18.7. The number of methoxy groups -OCH3 is 1. The maximum atomic E-state index is 13.3. The Hall–Kier alpha value is -2.60. The minimum atomic E-state index is 0.00253. The fraction of sp³-hybridized carbons (Fsp3) is 0.520. The highest BCUT2D eigenvalue weighted by Crippen LogP contribution is 2.32. The second kappa shape index (κ2) is 10.1. The van der Waals surface area contributed by atoms with Gasteiger partial charge in [-0.3, -0.25) is 4.98 Å². The van der Waals surface area contributed by atoms with Crippen molar-refractivity contribution in [1.29, 1.82) is 0 Å². The molecular formula is C25H34N4O2. The van der Waals surface area contributed by atoms with Crippen LogP contribution in [0.3, 0.4) is 0 Å². The first-order valence-electron chi connectivity index (χ1n) is 11.5. The molecule has 166 valence electrons. The Kier molecular flexibility index (Phi) is 7.07. The van der Waals surface area contributed by atoms with Crippen LogP contribution in [-0.4, -0.2) is 60.1 Å². The minimum Gasteiger partial charge on any atom is -0.495 e. The number of rotatable bonds is 8. The summed E-state index contributed by atoms with van der Waals surface area (Å²) in [5, 5.41) is 3.13. The third-order valence-electron chi connectivity index (χ3n) is 6.42. The molecule has 0 unspecified atom stereocenters. The highest BCUT2D eigenvalue weighted by molar-refractivity contribution is 5.91. The van der Waals surface area contributed by atoms with Gasteiger partial charge in [-0.25, -0.2) is 4.79 Å². The van der Waals surface area contributed by atoms with Crippen LogP contribution in [-0.2, 0) is 6.42 Å². The van der Waals surface area contributed by atoms with Gasteiger partial charge in [0, 0.05) is 50.5 Å². The lowest BCUT2D eigenvalue weighted by atomic mass is 10.0. The first-order valence-corrected chi connectivity index (χ1v) is 11.5. The maximum Gasteiger partial charge on any atom is 0.322 e. The van der Waals surface area contributed by atoms with E-state index in [0.29, 0.717) is 17.7 Å². The molecule has 1 aromatic heterocycles. The summed E-state index contributed by atoms with van der Waals surface area (Å²) >= 11 is 0. The molecule has 2 heterocycles. The summed E-state index contributed by atoms with van der Waals surface area (Å²) in [6, 6.07) is 12.3. The number of ether oxygens (including phenoxy) is 1. The molecule has 2 fully saturated rings. The monoisotopic (exact) mass is 422 g/mol. The van der Waals surface area contributed by atoms with Crippen molar-refractivity contribution in [3.05, 3.63) is 53.9 Å². The molecule has 31 heavy (non-hydrogen) atoms. The van der Waals surface area contributed by atoms with Gasteiger partial charge in [-0.1, -0.05) is 12.1 Å². The van der Waals surface area contributed by atoms with Crippen LogP contribution in [0, 0.1) is 12.8 Å². The molecular weight excluding hydrogens is 388 g/mol. The van der Waals surface area contributed by atoms with Gasteiger partial charge in [0.2, 0.25) is 0 Å². The van der Waals surface area contributed by atoms with Crippen molar-refractivity contribution in [1.82, 2.24) is 14.8 Å². The number of carbonyl (C=O) groups is 1. The van der Waals surface area contributed by atoms with Gasteiger partial charge in [0.1, 0.15) is 5.75 Å². The number of urea groups is 1. The Balaban J connectivity index is 1.35. The summed E-state index contributed by atoms with van der Waals surface area (Å²) in [4.78, 5) is 22.3. The van der Waals surface area contributed by atoms with Gasteiger partial charge >= 0.3 is 6.03 Å². The van der Waals surface area contributed by atoms with Crippen LogP contribution < -0.4 is 10.1 Å². The normalized spacial score (nSPS) is 17.4. The van der Waals surface area contributed by atoms with Crippen molar-refractivity contribution < 1.29 is 9.53 Å². The van der Waals surface area contributed by atoms with Gasteiger partial charge in [0.25, 0.3) is 0 Å². The third-order valence-corrected chi connectivity index (χ3v) is 6.42. The van der Waals surface area contributed by atoms with Crippen molar-refractivity contribution in [2.75, 3.05) is 38.6 Å². The Morgan fingerprint density at radius 1 is 1.19 bits per heavy atom. The number of hydrogen-bond donors (Lipinski definition) is 1. The molecule has 6 heteroatoms. The number of nitrogens with zero attached hydrogens (tertiary/aromatic N) is 3. The molecule has 2 aromatic rings. The number of anilines is 1. The molecule has 2 amide bonds. The van der Waals surface area contributed by atoms with Crippen molar-refractivity contribution in [2.45, 2.75) is 45.1 Å². The van der Waals surface area contributed by atoms with Crippen molar-refractivity contribution in [3.63, 3.8) is 0 Å². The zero-order chi connectivity index (χ0) is 21.6.